The molecule has 1 saturated heterocycles. The Morgan fingerprint density at radius 2 is 1.97 bits per heavy atom. The van der Waals surface area contributed by atoms with Gasteiger partial charge in [0.1, 0.15) is 22.3 Å². The van der Waals surface area contributed by atoms with E-state index in [9.17, 15) is 17.6 Å². The SMILES string of the molecule is Cc1ccc(F)c(NS(=O)(=O)c2cc(-c3nc(C)cs3)n(CC(=O)N3CCCC3)c2)c1. The topological polar surface area (TPSA) is 84.3 Å². The Kier molecular flexibility index (Phi) is 5.85. The predicted octanol–water partition coefficient (Wildman–Crippen LogP) is 3.79. The first-order valence-electron chi connectivity index (χ1n) is 9.92. The summed E-state index contributed by atoms with van der Waals surface area (Å²) >= 11 is 1.38. The van der Waals surface area contributed by atoms with Crippen LogP contribution >= 0.6 is 11.3 Å². The molecule has 31 heavy (non-hydrogen) atoms. The summed E-state index contributed by atoms with van der Waals surface area (Å²) in [5, 5.41) is 2.48. The van der Waals surface area contributed by atoms with Gasteiger partial charge in [-0.25, -0.2) is 17.8 Å². The number of nitrogens with one attached hydrogen (secondary N) is 1. The van der Waals surface area contributed by atoms with Gasteiger partial charge in [0.15, 0.2) is 0 Å². The van der Waals surface area contributed by atoms with Gasteiger partial charge in [-0.15, -0.1) is 11.3 Å². The third-order valence-electron chi connectivity index (χ3n) is 5.15. The molecule has 1 N–H and O–H groups in total. The molecule has 0 bridgehead atoms. The maximum Gasteiger partial charge on any atom is 0.263 e. The Morgan fingerprint density at radius 3 is 2.65 bits per heavy atom. The van der Waals surface area contributed by atoms with Crippen LogP contribution in [0.3, 0.4) is 0 Å². The summed E-state index contributed by atoms with van der Waals surface area (Å²) < 4.78 is 44.1. The Hall–Kier alpha value is -2.72. The van der Waals surface area contributed by atoms with Crippen molar-refractivity contribution in [1.29, 1.82) is 0 Å². The van der Waals surface area contributed by atoms with Gasteiger partial charge in [0.05, 0.1) is 11.4 Å². The highest BCUT2D eigenvalue weighted by molar-refractivity contribution is 7.92. The van der Waals surface area contributed by atoms with Gasteiger partial charge < -0.3 is 9.47 Å². The molecule has 4 rings (SSSR count). The molecule has 2 aromatic heterocycles. The van der Waals surface area contributed by atoms with E-state index >= 15 is 0 Å². The number of amides is 1. The summed E-state index contributed by atoms with van der Waals surface area (Å²) in [6.07, 6.45) is 3.36. The highest BCUT2D eigenvalue weighted by atomic mass is 32.2. The smallest absolute Gasteiger partial charge is 0.263 e. The van der Waals surface area contributed by atoms with Crippen molar-refractivity contribution < 1.29 is 17.6 Å². The van der Waals surface area contributed by atoms with Gasteiger partial charge >= 0.3 is 0 Å². The summed E-state index contributed by atoms with van der Waals surface area (Å²) in [7, 11) is -4.07. The van der Waals surface area contributed by atoms with Crippen molar-refractivity contribution in [3.05, 3.63) is 52.9 Å². The molecule has 3 aromatic rings. The van der Waals surface area contributed by atoms with Crippen molar-refractivity contribution in [3.8, 4) is 10.7 Å². The van der Waals surface area contributed by atoms with Crippen molar-refractivity contribution in [2.75, 3.05) is 17.8 Å². The minimum atomic E-state index is -4.07. The van der Waals surface area contributed by atoms with Crippen LogP contribution in [-0.2, 0) is 21.4 Å². The molecule has 164 valence electrons. The number of carbonyl (C=O) groups excluding carboxylic acids is 1. The first kappa shape index (κ1) is 21.5. The van der Waals surface area contributed by atoms with Crippen molar-refractivity contribution in [2.45, 2.75) is 38.1 Å². The van der Waals surface area contributed by atoms with Gasteiger partial charge in [-0.1, -0.05) is 6.07 Å². The predicted molar refractivity (Wildman–Crippen MR) is 118 cm³/mol. The van der Waals surface area contributed by atoms with E-state index in [1.807, 2.05) is 12.3 Å². The molecule has 0 atom stereocenters. The van der Waals surface area contributed by atoms with Crippen molar-refractivity contribution in [1.82, 2.24) is 14.5 Å². The minimum absolute atomic E-state index is 0.0162. The van der Waals surface area contributed by atoms with Crippen LogP contribution in [0.1, 0.15) is 24.1 Å². The average molecular weight is 463 g/mol. The molecule has 3 heterocycles. The van der Waals surface area contributed by atoms with E-state index in [4.69, 9.17) is 0 Å². The van der Waals surface area contributed by atoms with Crippen LogP contribution < -0.4 is 4.72 Å². The monoisotopic (exact) mass is 462 g/mol. The standard InChI is InChI=1S/C21H23FN4O3S2/c1-14-5-6-17(22)18(9-14)24-31(28,29)16-10-19(21-23-15(2)13-30-21)26(11-16)12-20(27)25-7-3-4-8-25/h5-6,9-11,13,24H,3-4,7-8,12H2,1-2H3. The number of anilines is 1. The highest BCUT2D eigenvalue weighted by Gasteiger charge is 2.25. The number of aromatic nitrogens is 2. The van der Waals surface area contributed by atoms with E-state index < -0.39 is 15.8 Å². The zero-order chi connectivity index (χ0) is 22.2. The molecule has 10 heteroatoms. The number of nitrogens with zero attached hydrogens (tertiary/aromatic N) is 3. The second-order valence-corrected chi connectivity index (χ2v) is 10.2. The number of halogens is 1. The second-order valence-electron chi connectivity index (χ2n) is 7.66. The summed E-state index contributed by atoms with van der Waals surface area (Å²) in [6.45, 7) is 5.04. The minimum Gasteiger partial charge on any atom is -0.341 e. The number of sulfonamides is 1. The quantitative estimate of drug-likeness (QED) is 0.604. The van der Waals surface area contributed by atoms with Crippen LogP contribution in [-0.4, -0.2) is 41.9 Å². The molecule has 1 aliphatic heterocycles. The lowest BCUT2D eigenvalue weighted by atomic mass is 10.2. The molecule has 1 fully saturated rings. The molecule has 0 unspecified atom stereocenters. The number of rotatable bonds is 6. The van der Waals surface area contributed by atoms with Crippen LogP contribution in [0.5, 0.6) is 0 Å². The first-order valence-corrected chi connectivity index (χ1v) is 12.3. The van der Waals surface area contributed by atoms with Crippen molar-refractivity contribution in [3.63, 3.8) is 0 Å². The molecular weight excluding hydrogens is 439 g/mol. The van der Waals surface area contributed by atoms with Gasteiger partial charge in [-0.3, -0.25) is 9.52 Å². The van der Waals surface area contributed by atoms with Gasteiger partial charge in [0.2, 0.25) is 5.91 Å². The highest BCUT2D eigenvalue weighted by Crippen LogP contribution is 2.29. The molecule has 0 aliphatic carbocycles. The van der Waals surface area contributed by atoms with E-state index in [1.54, 1.807) is 22.5 Å². The first-order chi connectivity index (χ1) is 14.7. The Balaban J connectivity index is 1.69. The van der Waals surface area contributed by atoms with Crippen molar-refractivity contribution in [2.24, 2.45) is 0 Å². The maximum atomic E-state index is 14.1. The molecule has 0 saturated carbocycles. The third-order valence-corrected chi connectivity index (χ3v) is 7.47. The van der Waals surface area contributed by atoms with Crippen molar-refractivity contribution >= 4 is 33.0 Å². The number of likely N-dealkylation sites (tertiary alicyclic amines) is 1. The normalized spacial score (nSPS) is 14.2. The van der Waals surface area contributed by atoms with Gasteiger partial charge in [-0.2, -0.15) is 0 Å². The zero-order valence-electron chi connectivity index (χ0n) is 17.3. The van der Waals surface area contributed by atoms with E-state index in [0.29, 0.717) is 23.8 Å². The van der Waals surface area contributed by atoms with E-state index in [-0.39, 0.29) is 23.0 Å². The number of carbonyl (C=O) groups is 1. The fourth-order valence-electron chi connectivity index (χ4n) is 3.55. The fourth-order valence-corrected chi connectivity index (χ4v) is 5.47. The Bertz CT molecular complexity index is 1230. The lowest BCUT2D eigenvalue weighted by Crippen LogP contribution is -2.31. The zero-order valence-corrected chi connectivity index (χ0v) is 18.9. The van der Waals surface area contributed by atoms with E-state index in [2.05, 4.69) is 9.71 Å². The Labute approximate surface area is 184 Å². The lowest BCUT2D eigenvalue weighted by molar-refractivity contribution is -0.130. The summed E-state index contributed by atoms with van der Waals surface area (Å²) in [6, 6.07) is 5.70. The van der Waals surface area contributed by atoms with E-state index in [1.165, 1.54) is 35.7 Å². The average Bonchev–Trinajstić information content (AvgIpc) is 3.45. The van der Waals surface area contributed by atoms with Crippen LogP contribution in [0.15, 0.2) is 40.7 Å². The molecule has 0 radical (unpaired) electrons. The summed E-state index contributed by atoms with van der Waals surface area (Å²) in [5.41, 5.74) is 1.96. The number of hydrogen-bond acceptors (Lipinski definition) is 5. The van der Waals surface area contributed by atoms with Gasteiger partial charge in [-0.05, 0) is 50.5 Å². The number of hydrogen-bond donors (Lipinski definition) is 1. The molecule has 1 aromatic carbocycles. The van der Waals surface area contributed by atoms with Gasteiger partial charge in [0.25, 0.3) is 10.0 Å². The molecular formula is C21H23FN4O3S2. The molecule has 1 amide bonds. The van der Waals surface area contributed by atoms with Gasteiger partial charge in [0, 0.05) is 30.4 Å². The van der Waals surface area contributed by atoms with Crippen LogP contribution in [0.4, 0.5) is 10.1 Å². The summed E-state index contributed by atoms with van der Waals surface area (Å²) in [4.78, 5) is 18.9. The largest absolute Gasteiger partial charge is 0.341 e. The fraction of sp³-hybridized carbons (Fsp3) is 0.333. The number of aryl methyl sites for hydroxylation is 2. The number of benzene rings is 1. The summed E-state index contributed by atoms with van der Waals surface area (Å²) in [5.74, 6) is -0.724. The molecule has 1 aliphatic rings. The molecule has 7 nitrogen and oxygen atoms in total. The Morgan fingerprint density at radius 1 is 1.23 bits per heavy atom. The maximum absolute atomic E-state index is 14.1. The second kappa shape index (κ2) is 8.43. The lowest BCUT2D eigenvalue weighted by Gasteiger charge is -2.16. The van der Waals surface area contributed by atoms with Crippen LogP contribution in [0.2, 0.25) is 0 Å². The van der Waals surface area contributed by atoms with Crippen LogP contribution in [0.25, 0.3) is 10.7 Å². The van der Waals surface area contributed by atoms with Crippen LogP contribution in [0, 0.1) is 19.7 Å². The number of thiazole rings is 1. The third kappa shape index (κ3) is 4.64. The molecule has 0 spiro atoms. The van der Waals surface area contributed by atoms with E-state index in [0.717, 1.165) is 24.1 Å².